The molecule has 0 N–H and O–H groups in total. The highest BCUT2D eigenvalue weighted by Crippen LogP contribution is 2.16. The number of rotatable bonds is 7. The lowest BCUT2D eigenvalue weighted by molar-refractivity contribution is -0.129. The maximum Gasteiger partial charge on any atom is 0.222 e. The molecule has 3 heteroatoms. The Kier molecular flexibility index (Phi) is 5.81. The van der Waals surface area contributed by atoms with Crippen molar-refractivity contribution in [1.29, 1.82) is 0 Å². The highest BCUT2D eigenvalue weighted by molar-refractivity contribution is 5.78. The second kappa shape index (κ2) is 6.89. The maximum atomic E-state index is 11.5. The van der Waals surface area contributed by atoms with Crippen molar-refractivity contribution < 1.29 is 4.79 Å². The van der Waals surface area contributed by atoms with Crippen LogP contribution in [0.3, 0.4) is 0 Å². The molecular weight excluding hydrogens is 200 g/mol. The van der Waals surface area contributed by atoms with Crippen LogP contribution in [0.25, 0.3) is 0 Å². The lowest BCUT2D eigenvalue weighted by Crippen LogP contribution is -2.34. The summed E-state index contributed by atoms with van der Waals surface area (Å²) in [5.41, 5.74) is 0. The molecule has 0 aromatic rings. The Bertz CT molecular complexity index is 214. The van der Waals surface area contributed by atoms with E-state index < -0.39 is 0 Å². The van der Waals surface area contributed by atoms with E-state index in [0.29, 0.717) is 11.9 Å². The fourth-order valence-electron chi connectivity index (χ4n) is 2.44. The van der Waals surface area contributed by atoms with Crippen molar-refractivity contribution in [2.45, 2.75) is 52.5 Å². The summed E-state index contributed by atoms with van der Waals surface area (Å²) in [5, 5.41) is 0. The highest BCUT2D eigenvalue weighted by Gasteiger charge is 2.24. The van der Waals surface area contributed by atoms with Gasteiger partial charge in [0.2, 0.25) is 5.91 Å². The summed E-state index contributed by atoms with van der Waals surface area (Å²) in [6, 6.07) is 0.436. The average Bonchev–Trinajstić information content (AvgIpc) is 2.70. The van der Waals surface area contributed by atoms with E-state index in [2.05, 4.69) is 30.6 Å². The van der Waals surface area contributed by atoms with Gasteiger partial charge in [-0.1, -0.05) is 13.8 Å². The molecule has 1 rings (SSSR count). The third-order valence-corrected chi connectivity index (χ3v) is 3.63. The molecule has 1 amide bonds. The Morgan fingerprint density at radius 1 is 1.38 bits per heavy atom. The topological polar surface area (TPSA) is 23.6 Å². The van der Waals surface area contributed by atoms with Crippen molar-refractivity contribution in [2.75, 3.05) is 26.2 Å². The second-order valence-electron chi connectivity index (χ2n) is 4.71. The van der Waals surface area contributed by atoms with Crippen LogP contribution in [0.2, 0.25) is 0 Å². The number of hydrogen-bond acceptors (Lipinski definition) is 2. The van der Waals surface area contributed by atoms with Crippen molar-refractivity contribution in [3.63, 3.8) is 0 Å². The van der Waals surface area contributed by atoms with Crippen LogP contribution in [0.4, 0.5) is 0 Å². The van der Waals surface area contributed by atoms with E-state index in [1.165, 1.54) is 13.0 Å². The van der Waals surface area contributed by atoms with Crippen LogP contribution in [-0.2, 0) is 4.79 Å². The molecule has 94 valence electrons. The highest BCUT2D eigenvalue weighted by atomic mass is 16.2. The Hall–Kier alpha value is -0.570. The number of hydrogen-bond donors (Lipinski definition) is 0. The SMILES string of the molecule is CCN(CC)CCCC(C)N1CCCC1=O. The Balaban J connectivity index is 2.19. The van der Waals surface area contributed by atoms with Gasteiger partial charge < -0.3 is 9.80 Å². The summed E-state index contributed by atoms with van der Waals surface area (Å²) in [6.07, 6.45) is 4.16. The molecule has 1 heterocycles. The zero-order valence-corrected chi connectivity index (χ0v) is 11.0. The van der Waals surface area contributed by atoms with Gasteiger partial charge >= 0.3 is 0 Å². The molecule has 1 unspecified atom stereocenters. The van der Waals surface area contributed by atoms with Crippen molar-refractivity contribution in [3.05, 3.63) is 0 Å². The summed E-state index contributed by atoms with van der Waals surface area (Å²) in [6.45, 7) is 11.0. The number of amides is 1. The van der Waals surface area contributed by atoms with Crippen LogP contribution in [0, 0.1) is 0 Å². The van der Waals surface area contributed by atoms with E-state index in [-0.39, 0.29) is 0 Å². The number of carbonyl (C=O) groups excluding carboxylic acids is 1. The third kappa shape index (κ3) is 3.78. The average molecular weight is 226 g/mol. The molecule has 1 atom stereocenters. The summed E-state index contributed by atoms with van der Waals surface area (Å²) in [7, 11) is 0. The minimum Gasteiger partial charge on any atom is -0.340 e. The first-order valence-corrected chi connectivity index (χ1v) is 6.70. The van der Waals surface area contributed by atoms with Crippen LogP contribution in [0.5, 0.6) is 0 Å². The summed E-state index contributed by atoms with van der Waals surface area (Å²) in [5.74, 6) is 0.357. The van der Waals surface area contributed by atoms with Gasteiger partial charge in [-0.2, -0.15) is 0 Å². The van der Waals surface area contributed by atoms with Gasteiger partial charge in [0.05, 0.1) is 0 Å². The molecule has 0 saturated carbocycles. The smallest absolute Gasteiger partial charge is 0.222 e. The molecule has 1 aliphatic rings. The van der Waals surface area contributed by atoms with Crippen LogP contribution in [-0.4, -0.2) is 47.9 Å². The zero-order valence-electron chi connectivity index (χ0n) is 11.0. The molecule has 1 fully saturated rings. The fourth-order valence-corrected chi connectivity index (χ4v) is 2.44. The van der Waals surface area contributed by atoms with Crippen LogP contribution >= 0.6 is 0 Å². The van der Waals surface area contributed by atoms with Gasteiger partial charge in [-0.05, 0) is 45.8 Å². The van der Waals surface area contributed by atoms with Gasteiger partial charge in [0, 0.05) is 19.0 Å². The van der Waals surface area contributed by atoms with E-state index in [1.807, 2.05) is 0 Å². The maximum absolute atomic E-state index is 11.5. The lowest BCUT2D eigenvalue weighted by Gasteiger charge is -2.25. The second-order valence-corrected chi connectivity index (χ2v) is 4.71. The van der Waals surface area contributed by atoms with E-state index in [1.54, 1.807) is 0 Å². The van der Waals surface area contributed by atoms with Crippen molar-refractivity contribution in [1.82, 2.24) is 9.80 Å². The molecule has 0 radical (unpaired) electrons. The van der Waals surface area contributed by atoms with Crippen molar-refractivity contribution in [3.8, 4) is 0 Å². The molecule has 3 nitrogen and oxygen atoms in total. The third-order valence-electron chi connectivity index (χ3n) is 3.63. The fraction of sp³-hybridized carbons (Fsp3) is 0.923. The first-order chi connectivity index (χ1) is 7.69. The molecular formula is C13H26N2O. The molecule has 0 aromatic carbocycles. The van der Waals surface area contributed by atoms with Gasteiger partial charge in [-0.15, -0.1) is 0 Å². The molecule has 1 aliphatic heterocycles. The summed E-state index contributed by atoms with van der Waals surface area (Å²) >= 11 is 0. The normalized spacial score (nSPS) is 18.5. The largest absolute Gasteiger partial charge is 0.340 e. The predicted molar refractivity (Wildman–Crippen MR) is 67.4 cm³/mol. The molecule has 16 heavy (non-hydrogen) atoms. The van der Waals surface area contributed by atoms with Crippen LogP contribution in [0.15, 0.2) is 0 Å². The van der Waals surface area contributed by atoms with Gasteiger partial charge in [-0.25, -0.2) is 0 Å². The van der Waals surface area contributed by atoms with E-state index in [9.17, 15) is 4.79 Å². The minimum absolute atomic E-state index is 0.357. The van der Waals surface area contributed by atoms with Crippen molar-refractivity contribution in [2.24, 2.45) is 0 Å². The van der Waals surface area contributed by atoms with E-state index >= 15 is 0 Å². The minimum atomic E-state index is 0.357. The van der Waals surface area contributed by atoms with Crippen LogP contribution in [0.1, 0.15) is 46.5 Å². The van der Waals surface area contributed by atoms with Gasteiger partial charge in [0.1, 0.15) is 0 Å². The Morgan fingerprint density at radius 2 is 2.06 bits per heavy atom. The Morgan fingerprint density at radius 3 is 2.56 bits per heavy atom. The summed E-state index contributed by atoms with van der Waals surface area (Å²) < 4.78 is 0. The summed E-state index contributed by atoms with van der Waals surface area (Å²) in [4.78, 5) is 16.0. The molecule has 1 saturated heterocycles. The Labute approximate surface area is 99.8 Å². The number of nitrogens with zero attached hydrogens (tertiary/aromatic N) is 2. The van der Waals surface area contributed by atoms with E-state index in [0.717, 1.165) is 38.9 Å². The number of carbonyl (C=O) groups is 1. The monoisotopic (exact) mass is 226 g/mol. The quantitative estimate of drug-likeness (QED) is 0.664. The zero-order chi connectivity index (χ0) is 12.0. The first kappa shape index (κ1) is 13.5. The standard InChI is InChI=1S/C13H26N2O/c1-4-14(5-2)10-6-8-12(3)15-11-7-9-13(15)16/h12H,4-11H2,1-3H3. The molecule has 0 aromatic heterocycles. The van der Waals surface area contributed by atoms with E-state index in [4.69, 9.17) is 0 Å². The predicted octanol–water partition coefficient (Wildman–Crippen LogP) is 2.12. The molecule has 0 spiro atoms. The van der Waals surface area contributed by atoms with Gasteiger partial charge in [0.15, 0.2) is 0 Å². The van der Waals surface area contributed by atoms with Gasteiger partial charge in [0.25, 0.3) is 0 Å². The first-order valence-electron chi connectivity index (χ1n) is 6.70. The molecule has 0 bridgehead atoms. The van der Waals surface area contributed by atoms with Crippen LogP contribution < -0.4 is 0 Å². The molecule has 0 aliphatic carbocycles. The van der Waals surface area contributed by atoms with Gasteiger partial charge in [-0.3, -0.25) is 4.79 Å². The van der Waals surface area contributed by atoms with Crippen molar-refractivity contribution >= 4 is 5.91 Å². The number of likely N-dealkylation sites (tertiary alicyclic amines) is 1. The lowest BCUT2D eigenvalue weighted by atomic mass is 10.1.